The number of anilines is 1. The Morgan fingerprint density at radius 3 is 2.81 bits per heavy atom. The van der Waals surface area contributed by atoms with E-state index in [0.717, 1.165) is 19.1 Å². The van der Waals surface area contributed by atoms with Crippen molar-refractivity contribution in [3.8, 4) is 5.75 Å². The molecule has 0 spiro atoms. The van der Waals surface area contributed by atoms with Gasteiger partial charge in [0.25, 0.3) is 0 Å². The van der Waals surface area contributed by atoms with Crippen molar-refractivity contribution < 1.29 is 9.53 Å². The predicted octanol–water partition coefficient (Wildman–Crippen LogP) is 1.50. The molecule has 0 atom stereocenters. The zero-order valence-corrected chi connectivity index (χ0v) is 11.6. The Hall–Kier alpha value is -2.63. The van der Waals surface area contributed by atoms with Crippen LogP contribution in [0.15, 0.2) is 41.3 Å². The van der Waals surface area contributed by atoms with E-state index >= 15 is 0 Å². The first-order valence-electron chi connectivity index (χ1n) is 6.70. The lowest BCUT2D eigenvalue weighted by Crippen LogP contribution is -2.23. The molecular formula is C15H17N3O3. The maximum absolute atomic E-state index is 11.5. The number of carbonyl (C=O) groups excluding carboxylic acids is 1. The summed E-state index contributed by atoms with van der Waals surface area (Å²) in [6, 6.07) is 8.68. The summed E-state index contributed by atoms with van der Waals surface area (Å²) in [6.45, 7) is 1.05. The molecule has 0 aliphatic rings. The molecule has 0 bridgehead atoms. The maximum Gasteiger partial charge on any atom is 0.349 e. The van der Waals surface area contributed by atoms with Crippen LogP contribution in [0.5, 0.6) is 5.75 Å². The summed E-state index contributed by atoms with van der Waals surface area (Å²) in [5, 5.41) is 0. The van der Waals surface area contributed by atoms with Crippen LogP contribution in [-0.2, 0) is 6.54 Å². The molecule has 0 aliphatic heterocycles. The number of aldehydes is 1. The summed E-state index contributed by atoms with van der Waals surface area (Å²) in [5.74, 6) is 0.809. The minimum atomic E-state index is -0.345. The minimum Gasteiger partial charge on any atom is -0.493 e. The first-order chi connectivity index (χ1) is 10.2. The molecule has 0 aliphatic carbocycles. The third-order valence-electron chi connectivity index (χ3n) is 2.99. The van der Waals surface area contributed by atoms with Gasteiger partial charge in [0.1, 0.15) is 11.6 Å². The summed E-state index contributed by atoms with van der Waals surface area (Å²) in [4.78, 5) is 26.0. The second-order valence-corrected chi connectivity index (χ2v) is 4.54. The van der Waals surface area contributed by atoms with Gasteiger partial charge in [0, 0.05) is 12.7 Å². The van der Waals surface area contributed by atoms with Crippen molar-refractivity contribution >= 4 is 12.1 Å². The third-order valence-corrected chi connectivity index (χ3v) is 2.99. The molecule has 1 aromatic heterocycles. The van der Waals surface area contributed by atoms with Gasteiger partial charge in [-0.2, -0.15) is 4.98 Å². The van der Waals surface area contributed by atoms with Gasteiger partial charge in [0.15, 0.2) is 6.29 Å². The zero-order chi connectivity index (χ0) is 15.1. The van der Waals surface area contributed by atoms with Gasteiger partial charge in [-0.3, -0.25) is 9.36 Å². The number of nitrogens with zero attached hydrogens (tertiary/aromatic N) is 2. The molecule has 0 saturated carbocycles. The van der Waals surface area contributed by atoms with Gasteiger partial charge < -0.3 is 10.5 Å². The molecule has 2 N–H and O–H groups in total. The first kappa shape index (κ1) is 14.8. The van der Waals surface area contributed by atoms with Gasteiger partial charge in [-0.15, -0.1) is 0 Å². The molecule has 6 heteroatoms. The number of aromatic nitrogens is 2. The Bertz CT molecular complexity index is 667. The topological polar surface area (TPSA) is 87.2 Å². The van der Waals surface area contributed by atoms with Crippen LogP contribution in [0.25, 0.3) is 0 Å². The van der Waals surface area contributed by atoms with Crippen LogP contribution in [0, 0.1) is 0 Å². The van der Waals surface area contributed by atoms with E-state index in [0.29, 0.717) is 24.5 Å². The van der Waals surface area contributed by atoms with E-state index in [1.165, 1.54) is 4.57 Å². The average molecular weight is 287 g/mol. The van der Waals surface area contributed by atoms with Crippen LogP contribution in [0.2, 0.25) is 0 Å². The number of unbranched alkanes of at least 4 members (excludes halogenated alkanes) is 1. The summed E-state index contributed by atoms with van der Waals surface area (Å²) < 4.78 is 7.07. The number of nitrogens with two attached hydrogens (primary N) is 1. The molecule has 6 nitrogen and oxygen atoms in total. The van der Waals surface area contributed by atoms with Crippen LogP contribution in [-0.4, -0.2) is 22.4 Å². The molecule has 0 saturated heterocycles. The second-order valence-electron chi connectivity index (χ2n) is 4.54. The fraction of sp³-hybridized carbons (Fsp3) is 0.267. The van der Waals surface area contributed by atoms with Gasteiger partial charge >= 0.3 is 5.69 Å². The van der Waals surface area contributed by atoms with E-state index in [1.807, 2.05) is 6.07 Å². The number of para-hydroxylation sites is 1. The van der Waals surface area contributed by atoms with Crippen molar-refractivity contribution in [3.63, 3.8) is 0 Å². The lowest BCUT2D eigenvalue weighted by atomic mass is 10.2. The number of ether oxygens (including phenoxy) is 1. The molecular weight excluding hydrogens is 270 g/mol. The monoisotopic (exact) mass is 287 g/mol. The van der Waals surface area contributed by atoms with E-state index in [2.05, 4.69) is 4.98 Å². The number of hydrogen-bond donors (Lipinski definition) is 1. The van der Waals surface area contributed by atoms with Crippen LogP contribution in [0.3, 0.4) is 0 Å². The largest absolute Gasteiger partial charge is 0.493 e. The second kappa shape index (κ2) is 7.23. The third kappa shape index (κ3) is 4.17. The predicted molar refractivity (Wildman–Crippen MR) is 79.5 cm³/mol. The lowest BCUT2D eigenvalue weighted by molar-refractivity contribution is 0.111. The van der Waals surface area contributed by atoms with E-state index < -0.39 is 0 Å². The van der Waals surface area contributed by atoms with Gasteiger partial charge in [-0.1, -0.05) is 12.1 Å². The molecule has 1 heterocycles. The standard InChI is InChI=1S/C15H17N3O3/c16-14-7-9-18(15(20)17-14)8-3-4-10-21-13-6-2-1-5-12(13)11-19/h1-2,5-7,9,11H,3-4,8,10H2,(H2,16,17,20). The Balaban J connectivity index is 1.77. The normalized spacial score (nSPS) is 10.3. The van der Waals surface area contributed by atoms with Crippen molar-refractivity contribution in [2.75, 3.05) is 12.3 Å². The van der Waals surface area contributed by atoms with Crippen LogP contribution >= 0.6 is 0 Å². The number of aryl methyl sites for hydroxylation is 1. The van der Waals surface area contributed by atoms with E-state index in [1.54, 1.807) is 30.5 Å². The van der Waals surface area contributed by atoms with Crippen LogP contribution in [0.4, 0.5) is 5.82 Å². The number of carbonyl (C=O) groups is 1. The molecule has 0 fully saturated rings. The smallest absolute Gasteiger partial charge is 0.349 e. The Kier molecular flexibility index (Phi) is 5.09. The Labute approximate surface area is 122 Å². The van der Waals surface area contributed by atoms with Crippen molar-refractivity contribution in [1.82, 2.24) is 9.55 Å². The molecule has 21 heavy (non-hydrogen) atoms. The fourth-order valence-electron chi connectivity index (χ4n) is 1.89. The van der Waals surface area contributed by atoms with E-state index in [-0.39, 0.29) is 11.5 Å². The highest BCUT2D eigenvalue weighted by Crippen LogP contribution is 2.15. The lowest BCUT2D eigenvalue weighted by Gasteiger charge is -2.08. The van der Waals surface area contributed by atoms with Crippen LogP contribution < -0.4 is 16.2 Å². The number of rotatable bonds is 7. The summed E-state index contributed by atoms with van der Waals surface area (Å²) >= 11 is 0. The van der Waals surface area contributed by atoms with Crippen molar-refractivity contribution in [3.05, 3.63) is 52.6 Å². The molecule has 0 unspecified atom stereocenters. The quantitative estimate of drug-likeness (QED) is 0.616. The van der Waals surface area contributed by atoms with Gasteiger partial charge in [0.05, 0.1) is 12.2 Å². The van der Waals surface area contributed by atoms with Gasteiger partial charge in [-0.25, -0.2) is 4.79 Å². The van der Waals surface area contributed by atoms with Crippen molar-refractivity contribution in [2.45, 2.75) is 19.4 Å². The fourth-order valence-corrected chi connectivity index (χ4v) is 1.89. The Morgan fingerprint density at radius 1 is 1.24 bits per heavy atom. The maximum atomic E-state index is 11.5. The van der Waals surface area contributed by atoms with Gasteiger partial charge in [0.2, 0.25) is 0 Å². The Morgan fingerprint density at radius 2 is 2.05 bits per heavy atom. The van der Waals surface area contributed by atoms with E-state index in [4.69, 9.17) is 10.5 Å². The SMILES string of the molecule is Nc1ccn(CCCCOc2ccccc2C=O)c(=O)n1. The van der Waals surface area contributed by atoms with Crippen molar-refractivity contribution in [2.24, 2.45) is 0 Å². The summed E-state index contributed by atoms with van der Waals surface area (Å²) in [7, 11) is 0. The summed E-state index contributed by atoms with van der Waals surface area (Å²) in [5.41, 5.74) is 5.62. The molecule has 1 aromatic carbocycles. The number of benzene rings is 1. The zero-order valence-electron chi connectivity index (χ0n) is 11.6. The highest BCUT2D eigenvalue weighted by molar-refractivity contribution is 5.79. The molecule has 0 radical (unpaired) electrons. The molecule has 2 aromatic rings. The van der Waals surface area contributed by atoms with Crippen LogP contribution in [0.1, 0.15) is 23.2 Å². The number of nitrogen functional groups attached to an aromatic ring is 1. The average Bonchev–Trinajstić information content (AvgIpc) is 2.49. The first-order valence-corrected chi connectivity index (χ1v) is 6.70. The number of hydrogen-bond acceptors (Lipinski definition) is 5. The van der Waals surface area contributed by atoms with Crippen molar-refractivity contribution in [1.29, 1.82) is 0 Å². The van der Waals surface area contributed by atoms with Gasteiger partial charge in [-0.05, 0) is 31.0 Å². The van der Waals surface area contributed by atoms with E-state index in [9.17, 15) is 9.59 Å². The highest BCUT2D eigenvalue weighted by atomic mass is 16.5. The molecule has 2 rings (SSSR count). The summed E-state index contributed by atoms with van der Waals surface area (Å²) in [6.07, 6.45) is 3.95. The minimum absolute atomic E-state index is 0.227. The molecule has 0 amide bonds. The highest BCUT2D eigenvalue weighted by Gasteiger charge is 2.01. The molecule has 110 valence electrons.